The van der Waals surface area contributed by atoms with Crippen LogP contribution in [-0.2, 0) is 10.8 Å². The Balaban J connectivity index is 2.65. The summed E-state index contributed by atoms with van der Waals surface area (Å²) in [5, 5.41) is 11.5. The zero-order valence-corrected chi connectivity index (χ0v) is 9.10. The van der Waals surface area contributed by atoms with Gasteiger partial charge in [0.2, 0.25) is 0 Å². The van der Waals surface area contributed by atoms with Gasteiger partial charge >= 0.3 is 0 Å². The fraction of sp³-hybridized carbons (Fsp3) is 0.300. The van der Waals surface area contributed by atoms with Gasteiger partial charge in [-0.25, -0.2) is 4.39 Å². The number of nitriles is 1. The van der Waals surface area contributed by atoms with Crippen molar-refractivity contribution in [3.63, 3.8) is 0 Å². The van der Waals surface area contributed by atoms with E-state index < -0.39 is 16.6 Å². The molecule has 0 spiro atoms. The van der Waals surface area contributed by atoms with Crippen LogP contribution in [0.25, 0.3) is 0 Å². The molecule has 0 bridgehead atoms. The summed E-state index contributed by atoms with van der Waals surface area (Å²) in [5.41, 5.74) is 0.812. The minimum Gasteiger partial charge on any atom is -0.384 e. The van der Waals surface area contributed by atoms with E-state index in [1.54, 1.807) is 12.3 Å². The highest BCUT2D eigenvalue weighted by atomic mass is 32.2. The molecule has 3 nitrogen and oxygen atoms in total. The molecule has 0 aliphatic heterocycles. The SMILES string of the molecule is CS(=O)CCNc1cc(F)cc(C#N)c1. The van der Waals surface area contributed by atoms with Gasteiger partial charge in [-0.3, -0.25) is 4.21 Å². The minimum absolute atomic E-state index is 0.273. The molecule has 15 heavy (non-hydrogen) atoms. The van der Waals surface area contributed by atoms with Crippen LogP contribution in [0.3, 0.4) is 0 Å². The Bertz CT molecular complexity index is 414. The van der Waals surface area contributed by atoms with E-state index in [4.69, 9.17) is 5.26 Å². The molecule has 0 aliphatic carbocycles. The topological polar surface area (TPSA) is 52.9 Å². The van der Waals surface area contributed by atoms with Crippen LogP contribution in [0.5, 0.6) is 0 Å². The molecule has 0 radical (unpaired) electrons. The number of anilines is 1. The van der Waals surface area contributed by atoms with Crippen molar-refractivity contribution in [2.75, 3.05) is 23.9 Å². The van der Waals surface area contributed by atoms with E-state index in [0.717, 1.165) is 0 Å². The molecule has 1 atom stereocenters. The van der Waals surface area contributed by atoms with Crippen LogP contribution in [0.4, 0.5) is 10.1 Å². The van der Waals surface area contributed by atoms with Gasteiger partial charge in [-0.1, -0.05) is 0 Å². The lowest BCUT2D eigenvalue weighted by atomic mass is 10.2. The van der Waals surface area contributed by atoms with Gasteiger partial charge in [0.25, 0.3) is 0 Å². The molecule has 0 heterocycles. The third kappa shape index (κ3) is 4.09. The van der Waals surface area contributed by atoms with E-state index in [1.165, 1.54) is 12.1 Å². The molecule has 0 saturated heterocycles. The molecule has 1 unspecified atom stereocenters. The molecule has 80 valence electrons. The number of nitrogens with zero attached hydrogens (tertiary/aromatic N) is 1. The average Bonchev–Trinajstić information content (AvgIpc) is 2.16. The van der Waals surface area contributed by atoms with Crippen molar-refractivity contribution >= 4 is 16.5 Å². The first-order valence-corrected chi connectivity index (χ1v) is 6.09. The zero-order chi connectivity index (χ0) is 11.3. The van der Waals surface area contributed by atoms with Crippen LogP contribution >= 0.6 is 0 Å². The van der Waals surface area contributed by atoms with E-state index in [0.29, 0.717) is 18.0 Å². The van der Waals surface area contributed by atoms with E-state index in [2.05, 4.69) is 5.32 Å². The monoisotopic (exact) mass is 226 g/mol. The maximum absolute atomic E-state index is 12.9. The summed E-state index contributed by atoms with van der Waals surface area (Å²) in [6.45, 7) is 0.497. The Kier molecular flexibility index (Phi) is 4.25. The molecule has 1 aromatic rings. The second-order valence-electron chi connectivity index (χ2n) is 3.04. The van der Waals surface area contributed by atoms with Crippen LogP contribution in [0.1, 0.15) is 5.56 Å². The maximum atomic E-state index is 12.9. The Labute approximate surface area is 90.4 Å². The summed E-state index contributed by atoms with van der Waals surface area (Å²) >= 11 is 0. The van der Waals surface area contributed by atoms with E-state index in [1.807, 2.05) is 6.07 Å². The van der Waals surface area contributed by atoms with Crippen molar-refractivity contribution in [2.45, 2.75) is 0 Å². The third-order valence-corrected chi connectivity index (χ3v) is 2.52. The second kappa shape index (κ2) is 5.47. The van der Waals surface area contributed by atoms with Crippen molar-refractivity contribution in [3.8, 4) is 6.07 Å². The normalized spacial score (nSPS) is 11.8. The maximum Gasteiger partial charge on any atom is 0.126 e. The molecular formula is C10H11FN2OS. The predicted octanol–water partition coefficient (Wildman–Crippen LogP) is 1.49. The highest BCUT2D eigenvalue weighted by Gasteiger charge is 2.00. The summed E-state index contributed by atoms with van der Waals surface area (Å²) in [4.78, 5) is 0. The van der Waals surface area contributed by atoms with Crippen LogP contribution in [0.2, 0.25) is 0 Å². The first-order valence-electron chi connectivity index (χ1n) is 4.36. The van der Waals surface area contributed by atoms with Gasteiger partial charge in [0.15, 0.2) is 0 Å². The summed E-state index contributed by atoms with van der Waals surface area (Å²) in [6.07, 6.45) is 1.61. The molecule has 5 heteroatoms. The second-order valence-corrected chi connectivity index (χ2v) is 4.60. The Hall–Kier alpha value is -1.41. The molecule has 0 fully saturated rings. The fourth-order valence-electron chi connectivity index (χ4n) is 1.10. The highest BCUT2D eigenvalue weighted by Crippen LogP contribution is 2.12. The van der Waals surface area contributed by atoms with Gasteiger partial charge in [0.1, 0.15) is 5.82 Å². The summed E-state index contributed by atoms with van der Waals surface area (Å²) in [5.74, 6) is 0.0486. The van der Waals surface area contributed by atoms with Gasteiger partial charge < -0.3 is 5.32 Å². The lowest BCUT2D eigenvalue weighted by Gasteiger charge is -2.05. The quantitative estimate of drug-likeness (QED) is 0.846. The predicted molar refractivity (Wildman–Crippen MR) is 58.5 cm³/mol. The van der Waals surface area contributed by atoms with Crippen LogP contribution in [-0.4, -0.2) is 22.8 Å². The molecule has 1 aromatic carbocycles. The van der Waals surface area contributed by atoms with Crippen molar-refractivity contribution in [1.29, 1.82) is 5.26 Å². The molecule has 0 aromatic heterocycles. The lowest BCUT2D eigenvalue weighted by Crippen LogP contribution is -2.09. The number of rotatable bonds is 4. The van der Waals surface area contributed by atoms with E-state index in [9.17, 15) is 8.60 Å². The molecule has 1 N–H and O–H groups in total. The number of halogens is 1. The first-order chi connectivity index (χ1) is 7.11. The highest BCUT2D eigenvalue weighted by molar-refractivity contribution is 7.84. The average molecular weight is 226 g/mol. The Morgan fingerprint density at radius 1 is 1.53 bits per heavy atom. The molecule has 0 aliphatic rings. The Morgan fingerprint density at radius 2 is 2.27 bits per heavy atom. The third-order valence-electron chi connectivity index (χ3n) is 1.75. The van der Waals surface area contributed by atoms with Gasteiger partial charge in [-0.15, -0.1) is 0 Å². The van der Waals surface area contributed by atoms with Crippen LogP contribution < -0.4 is 5.32 Å². The van der Waals surface area contributed by atoms with Crippen LogP contribution in [0.15, 0.2) is 18.2 Å². The first kappa shape index (κ1) is 11.7. The number of benzene rings is 1. The van der Waals surface area contributed by atoms with E-state index in [-0.39, 0.29) is 5.56 Å². The Morgan fingerprint density at radius 3 is 2.87 bits per heavy atom. The van der Waals surface area contributed by atoms with Crippen molar-refractivity contribution in [3.05, 3.63) is 29.6 Å². The molecule has 0 amide bonds. The summed E-state index contributed by atoms with van der Waals surface area (Å²) in [7, 11) is -0.873. The van der Waals surface area contributed by atoms with E-state index >= 15 is 0 Å². The number of nitrogens with one attached hydrogen (secondary N) is 1. The summed E-state index contributed by atoms with van der Waals surface area (Å²) < 4.78 is 23.7. The molecular weight excluding hydrogens is 215 g/mol. The molecule has 1 rings (SSSR count). The number of hydrogen-bond donors (Lipinski definition) is 1. The van der Waals surface area contributed by atoms with Gasteiger partial charge in [0.05, 0.1) is 11.6 Å². The lowest BCUT2D eigenvalue weighted by molar-refractivity contribution is 0.628. The van der Waals surface area contributed by atoms with Crippen LogP contribution in [0, 0.1) is 17.1 Å². The van der Waals surface area contributed by atoms with Crippen molar-refractivity contribution in [2.24, 2.45) is 0 Å². The zero-order valence-electron chi connectivity index (χ0n) is 8.29. The van der Waals surface area contributed by atoms with Crippen molar-refractivity contribution in [1.82, 2.24) is 0 Å². The summed E-state index contributed by atoms with van der Waals surface area (Å²) in [6, 6.07) is 5.90. The van der Waals surface area contributed by atoms with Gasteiger partial charge in [0, 0.05) is 35.0 Å². The van der Waals surface area contributed by atoms with Gasteiger partial charge in [-0.2, -0.15) is 5.26 Å². The number of hydrogen-bond acceptors (Lipinski definition) is 3. The smallest absolute Gasteiger partial charge is 0.126 e. The largest absolute Gasteiger partial charge is 0.384 e. The minimum atomic E-state index is -0.873. The van der Waals surface area contributed by atoms with Gasteiger partial charge in [-0.05, 0) is 18.2 Å². The molecule has 0 saturated carbocycles. The standard InChI is InChI=1S/C10H11FN2OS/c1-15(14)3-2-13-10-5-8(7-12)4-9(11)6-10/h4-6,13H,2-3H2,1H3. The van der Waals surface area contributed by atoms with Crippen molar-refractivity contribution < 1.29 is 8.60 Å². The fourth-order valence-corrected chi connectivity index (χ4v) is 1.48.